The number of carbonyl (C=O) groups excluding carboxylic acids is 1. The second-order valence-corrected chi connectivity index (χ2v) is 6.22. The molecule has 0 aliphatic carbocycles. The third kappa shape index (κ3) is 4.32. The highest BCUT2D eigenvalue weighted by atomic mass is 35.5. The van der Waals surface area contributed by atoms with Gasteiger partial charge in [0.2, 0.25) is 0 Å². The van der Waals surface area contributed by atoms with Crippen LogP contribution in [0.25, 0.3) is 0 Å². The van der Waals surface area contributed by atoms with Crippen LogP contribution in [0.2, 0.25) is 5.02 Å². The van der Waals surface area contributed by atoms with Crippen LogP contribution in [-0.2, 0) is 11.3 Å². The van der Waals surface area contributed by atoms with Gasteiger partial charge in [0.1, 0.15) is 11.9 Å². The molecule has 0 aliphatic rings. The summed E-state index contributed by atoms with van der Waals surface area (Å²) < 4.78 is 15.8. The first-order valence-electron chi connectivity index (χ1n) is 7.89. The van der Waals surface area contributed by atoms with Crippen LogP contribution in [0.4, 0.5) is 10.1 Å². The van der Waals surface area contributed by atoms with Crippen molar-refractivity contribution in [2.24, 2.45) is 0 Å². The molecule has 140 valence electrons. The number of rotatable bonds is 6. The Bertz CT molecular complexity index is 1000. The maximum Gasteiger partial charge on any atom is 0.328 e. The minimum Gasteiger partial charge on any atom is -0.480 e. The maximum atomic E-state index is 13.1. The molecule has 0 fully saturated rings. The number of benzene rings is 1. The van der Waals surface area contributed by atoms with Crippen molar-refractivity contribution in [3.05, 3.63) is 65.0 Å². The fraction of sp³-hybridized carbons (Fsp3) is 0.176. The zero-order valence-electron chi connectivity index (χ0n) is 14.1. The normalized spacial score (nSPS) is 12.0. The van der Waals surface area contributed by atoms with E-state index in [0.29, 0.717) is 17.8 Å². The van der Waals surface area contributed by atoms with Crippen LogP contribution in [0.1, 0.15) is 29.0 Å². The van der Waals surface area contributed by atoms with Crippen LogP contribution < -0.4 is 5.32 Å². The number of hydrogen-bond acceptors (Lipinski definition) is 4. The van der Waals surface area contributed by atoms with Crippen LogP contribution in [0.5, 0.6) is 0 Å². The van der Waals surface area contributed by atoms with E-state index in [2.05, 4.69) is 15.5 Å². The van der Waals surface area contributed by atoms with Gasteiger partial charge in [0.15, 0.2) is 5.69 Å². The largest absolute Gasteiger partial charge is 0.480 e. The molecule has 2 heterocycles. The maximum absolute atomic E-state index is 13.1. The van der Waals surface area contributed by atoms with Crippen molar-refractivity contribution in [1.29, 1.82) is 0 Å². The number of amides is 1. The van der Waals surface area contributed by atoms with Crippen LogP contribution >= 0.6 is 11.6 Å². The van der Waals surface area contributed by atoms with Gasteiger partial charge in [0.05, 0.1) is 18.4 Å². The molecule has 1 atom stereocenters. The van der Waals surface area contributed by atoms with E-state index in [4.69, 9.17) is 16.7 Å². The predicted molar refractivity (Wildman–Crippen MR) is 95.3 cm³/mol. The third-order valence-electron chi connectivity index (χ3n) is 3.83. The fourth-order valence-corrected chi connectivity index (χ4v) is 2.55. The summed E-state index contributed by atoms with van der Waals surface area (Å²) in [6.07, 6.45) is 4.47. The SMILES string of the molecule is CC(C(=O)O)n1ccc(C(=O)Nc2cnn(Cc3ccc(F)cc3Cl)c2)n1. The van der Waals surface area contributed by atoms with Crippen LogP contribution in [0.3, 0.4) is 0 Å². The van der Waals surface area contributed by atoms with Gasteiger partial charge in [0, 0.05) is 17.4 Å². The molecule has 2 aromatic heterocycles. The number of anilines is 1. The lowest BCUT2D eigenvalue weighted by molar-refractivity contribution is -0.140. The van der Waals surface area contributed by atoms with E-state index >= 15 is 0 Å². The van der Waals surface area contributed by atoms with Crippen molar-refractivity contribution < 1.29 is 19.1 Å². The molecule has 0 aliphatic heterocycles. The van der Waals surface area contributed by atoms with Crippen LogP contribution in [-0.4, -0.2) is 36.5 Å². The molecule has 2 N–H and O–H groups in total. The zero-order valence-corrected chi connectivity index (χ0v) is 14.9. The van der Waals surface area contributed by atoms with Gasteiger partial charge < -0.3 is 10.4 Å². The lowest BCUT2D eigenvalue weighted by Gasteiger charge is -2.05. The summed E-state index contributed by atoms with van der Waals surface area (Å²) in [7, 11) is 0. The first-order chi connectivity index (χ1) is 12.8. The molecule has 0 saturated heterocycles. The van der Waals surface area contributed by atoms with Crippen molar-refractivity contribution in [2.45, 2.75) is 19.5 Å². The highest BCUT2D eigenvalue weighted by Gasteiger charge is 2.17. The van der Waals surface area contributed by atoms with Crippen molar-refractivity contribution in [1.82, 2.24) is 19.6 Å². The highest BCUT2D eigenvalue weighted by molar-refractivity contribution is 6.31. The third-order valence-corrected chi connectivity index (χ3v) is 4.19. The van der Waals surface area contributed by atoms with Gasteiger partial charge >= 0.3 is 5.97 Å². The minimum atomic E-state index is -1.05. The molecule has 0 saturated carbocycles. The smallest absolute Gasteiger partial charge is 0.328 e. The molecule has 8 nitrogen and oxygen atoms in total. The number of carboxylic acids is 1. The lowest BCUT2D eigenvalue weighted by Crippen LogP contribution is -2.18. The molecule has 1 aromatic carbocycles. The molecule has 1 unspecified atom stereocenters. The summed E-state index contributed by atoms with van der Waals surface area (Å²) in [6, 6.07) is 4.64. The molecular weight excluding hydrogens is 377 g/mol. The molecular formula is C17H15ClFN5O3. The van der Waals surface area contributed by atoms with E-state index in [1.54, 1.807) is 16.9 Å². The summed E-state index contributed by atoms with van der Waals surface area (Å²) in [4.78, 5) is 23.2. The van der Waals surface area contributed by atoms with E-state index in [0.717, 1.165) is 0 Å². The second-order valence-electron chi connectivity index (χ2n) is 5.81. The van der Waals surface area contributed by atoms with Crippen molar-refractivity contribution >= 4 is 29.2 Å². The predicted octanol–water partition coefficient (Wildman–Crippen LogP) is 2.82. The molecule has 3 rings (SSSR count). The van der Waals surface area contributed by atoms with Crippen molar-refractivity contribution in [3.63, 3.8) is 0 Å². The highest BCUT2D eigenvalue weighted by Crippen LogP contribution is 2.19. The lowest BCUT2D eigenvalue weighted by atomic mass is 10.2. The molecule has 1 amide bonds. The number of nitrogens with one attached hydrogen (secondary N) is 1. The number of aromatic nitrogens is 4. The Morgan fingerprint density at radius 2 is 2.15 bits per heavy atom. The van der Waals surface area contributed by atoms with Gasteiger partial charge in [-0.15, -0.1) is 0 Å². The van der Waals surface area contributed by atoms with E-state index in [1.165, 1.54) is 42.2 Å². The summed E-state index contributed by atoms with van der Waals surface area (Å²) in [5.74, 6) is -1.97. The standard InChI is InChI=1S/C17H15ClFN5O3/c1-10(17(26)27)24-5-4-15(22-24)16(25)21-13-7-20-23(9-13)8-11-2-3-12(19)6-14(11)18/h2-7,9-10H,8H2,1H3,(H,21,25)(H,26,27). The molecule has 0 bridgehead atoms. The van der Waals surface area contributed by atoms with E-state index in [1.807, 2.05) is 0 Å². The Labute approximate surface area is 158 Å². The average molecular weight is 392 g/mol. The van der Waals surface area contributed by atoms with Gasteiger partial charge in [-0.1, -0.05) is 17.7 Å². The molecule has 0 spiro atoms. The summed E-state index contributed by atoms with van der Waals surface area (Å²) in [5.41, 5.74) is 1.19. The Kier molecular flexibility index (Phi) is 5.22. The number of halogens is 2. The van der Waals surface area contributed by atoms with Gasteiger partial charge in [-0.25, -0.2) is 9.18 Å². The summed E-state index contributed by atoms with van der Waals surface area (Å²) in [6.45, 7) is 1.77. The molecule has 0 radical (unpaired) electrons. The number of hydrogen-bond donors (Lipinski definition) is 2. The number of aliphatic carboxylic acids is 1. The quantitative estimate of drug-likeness (QED) is 0.672. The molecule has 3 aromatic rings. The Morgan fingerprint density at radius 3 is 2.85 bits per heavy atom. The first kappa shape index (κ1) is 18.6. The van der Waals surface area contributed by atoms with Crippen LogP contribution in [0.15, 0.2) is 42.9 Å². The Morgan fingerprint density at radius 1 is 1.37 bits per heavy atom. The zero-order chi connectivity index (χ0) is 19.6. The Balaban J connectivity index is 1.67. The monoisotopic (exact) mass is 391 g/mol. The fourth-order valence-electron chi connectivity index (χ4n) is 2.32. The number of carbonyl (C=O) groups is 2. The van der Waals surface area contributed by atoms with E-state index in [-0.39, 0.29) is 10.7 Å². The van der Waals surface area contributed by atoms with E-state index < -0.39 is 23.7 Å². The van der Waals surface area contributed by atoms with E-state index in [9.17, 15) is 14.0 Å². The second kappa shape index (κ2) is 7.58. The average Bonchev–Trinajstić information content (AvgIpc) is 3.26. The topological polar surface area (TPSA) is 102 Å². The minimum absolute atomic E-state index is 0.0810. The van der Waals surface area contributed by atoms with Crippen LogP contribution in [0, 0.1) is 5.82 Å². The first-order valence-corrected chi connectivity index (χ1v) is 8.27. The summed E-state index contributed by atoms with van der Waals surface area (Å²) >= 11 is 6.00. The summed E-state index contributed by atoms with van der Waals surface area (Å²) in [5, 5.41) is 20.0. The van der Waals surface area contributed by atoms with Gasteiger partial charge in [-0.05, 0) is 30.7 Å². The van der Waals surface area contributed by atoms with Crippen molar-refractivity contribution in [3.8, 4) is 0 Å². The van der Waals surface area contributed by atoms with Gasteiger partial charge in [-0.3, -0.25) is 14.2 Å². The Hall–Kier alpha value is -3.20. The van der Waals surface area contributed by atoms with Crippen molar-refractivity contribution in [2.75, 3.05) is 5.32 Å². The molecule has 27 heavy (non-hydrogen) atoms. The van der Waals surface area contributed by atoms with Gasteiger partial charge in [0.25, 0.3) is 5.91 Å². The molecule has 10 heteroatoms. The number of carboxylic acid groups (broad SMARTS) is 1. The van der Waals surface area contributed by atoms with Gasteiger partial charge in [-0.2, -0.15) is 10.2 Å². The number of nitrogens with zero attached hydrogens (tertiary/aromatic N) is 4.